The molecule has 2 fully saturated rings. The molecule has 3 aliphatic heterocycles. The normalized spacial score (nSPS) is 27.5. The van der Waals surface area contributed by atoms with Gasteiger partial charge in [-0.2, -0.15) is 0 Å². The van der Waals surface area contributed by atoms with E-state index >= 15 is 0 Å². The number of aliphatic hydroxyl groups excluding tert-OH is 1. The van der Waals surface area contributed by atoms with Crippen molar-refractivity contribution in [2.24, 2.45) is 11.8 Å². The lowest BCUT2D eigenvalue weighted by Gasteiger charge is -2.31. The van der Waals surface area contributed by atoms with Crippen LogP contribution in [0.2, 0.25) is 0 Å². The molecule has 0 bridgehead atoms. The number of fused-ring (bicyclic) bond motifs is 3. The Labute approximate surface area is 188 Å². The van der Waals surface area contributed by atoms with E-state index in [4.69, 9.17) is 0 Å². The van der Waals surface area contributed by atoms with Crippen LogP contribution in [0.25, 0.3) is 6.08 Å². The maximum absolute atomic E-state index is 13.2. The first-order valence-corrected chi connectivity index (χ1v) is 11.7. The van der Waals surface area contributed by atoms with Gasteiger partial charge in [0.05, 0.1) is 6.04 Å². The van der Waals surface area contributed by atoms with Gasteiger partial charge in [0.2, 0.25) is 11.8 Å². The highest BCUT2D eigenvalue weighted by molar-refractivity contribution is 5.88. The molecule has 1 aromatic rings. The number of carbonyl (C=O) groups is 2. The van der Waals surface area contributed by atoms with Crippen LogP contribution in [0.1, 0.15) is 50.4 Å². The van der Waals surface area contributed by atoms with E-state index in [1.54, 1.807) is 21.6 Å². The summed E-state index contributed by atoms with van der Waals surface area (Å²) in [5.74, 6) is -1.02. The Balaban J connectivity index is 1.56. The average Bonchev–Trinajstić information content (AvgIpc) is 3.31. The average molecular weight is 443 g/mol. The van der Waals surface area contributed by atoms with Crippen molar-refractivity contribution in [3.8, 4) is 0 Å². The summed E-state index contributed by atoms with van der Waals surface area (Å²) in [5.41, 5.74) is 1.24. The maximum atomic E-state index is 13.2. The SMILES string of the molecule is C/C=C\c1ccc2n(c1=O)C[C@@H]1[C@@H](CO)[C@H](C(=O)NCCN3CCCCC3)N(C(C)=O)[C@H]21. The van der Waals surface area contributed by atoms with Crippen LogP contribution in [-0.4, -0.2) is 70.1 Å². The van der Waals surface area contributed by atoms with Gasteiger partial charge >= 0.3 is 0 Å². The Bertz CT molecular complexity index is 950. The molecule has 8 heteroatoms. The van der Waals surface area contributed by atoms with E-state index in [1.165, 1.54) is 26.2 Å². The zero-order chi connectivity index (χ0) is 22.8. The van der Waals surface area contributed by atoms with Crippen LogP contribution in [0, 0.1) is 11.8 Å². The highest BCUT2D eigenvalue weighted by Gasteiger charge is 2.56. The number of aliphatic hydroxyl groups is 1. The van der Waals surface area contributed by atoms with Crippen molar-refractivity contribution in [1.29, 1.82) is 0 Å². The number of aromatic nitrogens is 1. The molecular formula is C24H34N4O4. The smallest absolute Gasteiger partial charge is 0.258 e. The molecule has 2 saturated heterocycles. The van der Waals surface area contributed by atoms with Gasteiger partial charge < -0.3 is 24.8 Å². The molecule has 32 heavy (non-hydrogen) atoms. The maximum Gasteiger partial charge on any atom is 0.258 e. The Kier molecular flexibility index (Phi) is 6.81. The first kappa shape index (κ1) is 22.7. The van der Waals surface area contributed by atoms with E-state index in [-0.39, 0.29) is 35.9 Å². The molecular weight excluding hydrogens is 408 g/mol. The van der Waals surface area contributed by atoms with E-state index in [0.717, 1.165) is 25.3 Å². The second-order valence-electron chi connectivity index (χ2n) is 9.15. The molecule has 4 heterocycles. The molecule has 4 rings (SSSR count). The van der Waals surface area contributed by atoms with Gasteiger partial charge in [-0.25, -0.2) is 0 Å². The fraction of sp³-hybridized carbons (Fsp3) is 0.625. The Morgan fingerprint density at radius 1 is 1.22 bits per heavy atom. The van der Waals surface area contributed by atoms with Crippen LogP contribution in [0.15, 0.2) is 23.0 Å². The number of pyridine rings is 1. The van der Waals surface area contributed by atoms with Gasteiger partial charge in [0.1, 0.15) is 6.04 Å². The fourth-order valence-electron chi connectivity index (χ4n) is 5.80. The van der Waals surface area contributed by atoms with Crippen molar-refractivity contribution in [2.45, 2.75) is 51.7 Å². The Morgan fingerprint density at radius 3 is 2.62 bits per heavy atom. The summed E-state index contributed by atoms with van der Waals surface area (Å²) in [6, 6.07) is 2.54. The number of hydrogen-bond donors (Lipinski definition) is 2. The number of piperidine rings is 1. The zero-order valence-electron chi connectivity index (χ0n) is 19.0. The predicted octanol–water partition coefficient (Wildman–Crippen LogP) is 0.994. The van der Waals surface area contributed by atoms with Crippen molar-refractivity contribution < 1.29 is 14.7 Å². The molecule has 0 aliphatic carbocycles. The molecule has 0 unspecified atom stereocenters. The molecule has 8 nitrogen and oxygen atoms in total. The van der Waals surface area contributed by atoms with Crippen LogP contribution < -0.4 is 10.9 Å². The number of amides is 2. The first-order chi connectivity index (χ1) is 15.5. The summed E-state index contributed by atoms with van der Waals surface area (Å²) in [6.07, 6.45) is 7.25. The van der Waals surface area contributed by atoms with Crippen molar-refractivity contribution >= 4 is 17.9 Å². The Hall–Kier alpha value is -2.45. The minimum atomic E-state index is -0.729. The monoisotopic (exact) mass is 442 g/mol. The fourth-order valence-corrected chi connectivity index (χ4v) is 5.80. The molecule has 3 aliphatic rings. The number of carbonyl (C=O) groups excluding carboxylic acids is 2. The molecule has 0 spiro atoms. The topological polar surface area (TPSA) is 94.9 Å². The predicted molar refractivity (Wildman–Crippen MR) is 122 cm³/mol. The van der Waals surface area contributed by atoms with Gasteiger partial charge in [0.25, 0.3) is 5.56 Å². The minimum absolute atomic E-state index is 0.0993. The van der Waals surface area contributed by atoms with E-state index < -0.39 is 12.0 Å². The standard InChI is InChI=1S/C24H34N4O4/c1-3-7-17-8-9-20-21-18(14-27(20)24(17)32)19(15-29)22(28(21)16(2)30)23(31)25-10-13-26-11-5-4-6-12-26/h3,7-9,18-19,21-22,29H,4-6,10-15H2,1-2H3,(H,25,31)/b7-3-/t18-,19-,21+,22-/m1/s1. The summed E-state index contributed by atoms with van der Waals surface area (Å²) < 4.78 is 1.70. The lowest BCUT2D eigenvalue weighted by Crippen LogP contribution is -2.51. The third kappa shape index (κ3) is 4.01. The van der Waals surface area contributed by atoms with Crippen molar-refractivity contribution in [1.82, 2.24) is 19.7 Å². The van der Waals surface area contributed by atoms with Crippen LogP contribution in [-0.2, 0) is 16.1 Å². The van der Waals surface area contributed by atoms with E-state index in [0.29, 0.717) is 18.7 Å². The van der Waals surface area contributed by atoms with Crippen LogP contribution in [0.3, 0.4) is 0 Å². The third-order valence-electron chi connectivity index (χ3n) is 7.26. The van der Waals surface area contributed by atoms with Gasteiger partial charge in [-0.3, -0.25) is 14.4 Å². The summed E-state index contributed by atoms with van der Waals surface area (Å²) >= 11 is 0. The zero-order valence-corrected chi connectivity index (χ0v) is 19.0. The van der Waals surface area contributed by atoms with Crippen LogP contribution in [0.5, 0.6) is 0 Å². The van der Waals surface area contributed by atoms with Gasteiger partial charge in [-0.05, 0) is 45.0 Å². The Morgan fingerprint density at radius 2 is 1.97 bits per heavy atom. The van der Waals surface area contributed by atoms with Gasteiger partial charge in [0, 0.05) is 56.3 Å². The van der Waals surface area contributed by atoms with Gasteiger partial charge in [-0.15, -0.1) is 0 Å². The highest BCUT2D eigenvalue weighted by atomic mass is 16.3. The van der Waals surface area contributed by atoms with Crippen molar-refractivity contribution in [2.75, 3.05) is 32.8 Å². The number of nitrogens with zero attached hydrogens (tertiary/aromatic N) is 3. The first-order valence-electron chi connectivity index (χ1n) is 11.7. The largest absolute Gasteiger partial charge is 0.396 e. The number of nitrogens with one attached hydrogen (secondary N) is 1. The van der Waals surface area contributed by atoms with E-state index in [1.807, 2.05) is 19.1 Å². The summed E-state index contributed by atoms with van der Waals surface area (Å²) in [6.45, 7) is 6.94. The number of likely N-dealkylation sites (tertiary alicyclic amines) is 2. The molecule has 2 amide bonds. The number of allylic oxidation sites excluding steroid dienone is 1. The van der Waals surface area contributed by atoms with Crippen molar-refractivity contribution in [3.05, 3.63) is 39.8 Å². The summed E-state index contributed by atoms with van der Waals surface area (Å²) in [7, 11) is 0. The highest BCUT2D eigenvalue weighted by Crippen LogP contribution is 2.49. The number of hydrogen-bond acceptors (Lipinski definition) is 5. The number of rotatable bonds is 6. The molecule has 2 N–H and O–H groups in total. The molecule has 174 valence electrons. The molecule has 0 radical (unpaired) electrons. The molecule has 0 aromatic carbocycles. The van der Waals surface area contributed by atoms with Gasteiger partial charge in [-0.1, -0.05) is 18.6 Å². The summed E-state index contributed by atoms with van der Waals surface area (Å²) in [4.78, 5) is 42.8. The molecule has 4 atom stereocenters. The lowest BCUT2D eigenvalue weighted by atomic mass is 9.88. The van der Waals surface area contributed by atoms with E-state index in [9.17, 15) is 19.5 Å². The van der Waals surface area contributed by atoms with Crippen LogP contribution in [0.4, 0.5) is 0 Å². The summed E-state index contributed by atoms with van der Waals surface area (Å²) in [5, 5.41) is 13.2. The quantitative estimate of drug-likeness (QED) is 0.685. The lowest BCUT2D eigenvalue weighted by molar-refractivity contribution is -0.140. The third-order valence-corrected chi connectivity index (χ3v) is 7.26. The minimum Gasteiger partial charge on any atom is -0.396 e. The van der Waals surface area contributed by atoms with E-state index in [2.05, 4.69) is 10.2 Å². The molecule has 0 saturated carbocycles. The molecule has 1 aromatic heterocycles. The second kappa shape index (κ2) is 9.58. The van der Waals surface area contributed by atoms with Gasteiger partial charge in [0.15, 0.2) is 0 Å². The second-order valence-corrected chi connectivity index (χ2v) is 9.15. The van der Waals surface area contributed by atoms with Crippen LogP contribution >= 0.6 is 0 Å². The van der Waals surface area contributed by atoms with Crippen molar-refractivity contribution in [3.63, 3.8) is 0 Å².